The first-order chi connectivity index (χ1) is 14.4. The molecular weight excluding hydrogens is 397 g/mol. The normalized spacial score (nSPS) is 15.3. The molecule has 0 aliphatic carbocycles. The van der Waals surface area contributed by atoms with Gasteiger partial charge in [-0.25, -0.2) is 4.98 Å². The van der Waals surface area contributed by atoms with E-state index >= 15 is 0 Å². The number of amides is 1. The van der Waals surface area contributed by atoms with Crippen molar-refractivity contribution in [3.63, 3.8) is 0 Å². The molecule has 3 rings (SSSR count). The van der Waals surface area contributed by atoms with Gasteiger partial charge in [0.25, 0.3) is 0 Å². The molecule has 0 radical (unpaired) electrons. The van der Waals surface area contributed by atoms with Gasteiger partial charge in [0.2, 0.25) is 5.91 Å². The van der Waals surface area contributed by atoms with Crippen LogP contribution in [0.15, 0.2) is 36.7 Å². The van der Waals surface area contributed by atoms with Gasteiger partial charge in [0, 0.05) is 25.4 Å². The third-order valence-electron chi connectivity index (χ3n) is 5.33. The molecule has 0 saturated carbocycles. The Kier molecular flexibility index (Phi) is 7.49. The number of imidazole rings is 1. The SMILES string of the molecule is CCC(=O)N(CC[NH+]1CCOCC1)Cc1nccn1Cc1cccc(C(F)(F)F)c1. The van der Waals surface area contributed by atoms with Crippen LogP contribution < -0.4 is 4.90 Å². The molecule has 1 aliphatic heterocycles. The summed E-state index contributed by atoms with van der Waals surface area (Å²) < 4.78 is 46.1. The van der Waals surface area contributed by atoms with E-state index in [1.54, 1.807) is 27.9 Å². The van der Waals surface area contributed by atoms with E-state index in [-0.39, 0.29) is 12.5 Å². The Morgan fingerprint density at radius 1 is 1.30 bits per heavy atom. The molecular formula is C21H28F3N4O2+. The van der Waals surface area contributed by atoms with Crippen LogP contribution in [0.4, 0.5) is 13.2 Å². The smallest absolute Gasteiger partial charge is 0.370 e. The molecule has 164 valence electrons. The van der Waals surface area contributed by atoms with Gasteiger partial charge in [0.1, 0.15) is 18.9 Å². The Balaban J connectivity index is 1.68. The fraction of sp³-hybridized carbons (Fsp3) is 0.524. The highest BCUT2D eigenvalue weighted by Gasteiger charge is 2.30. The van der Waals surface area contributed by atoms with Crippen molar-refractivity contribution in [2.75, 3.05) is 39.4 Å². The first kappa shape index (κ1) is 22.3. The molecule has 0 unspecified atom stereocenters. The average molecular weight is 425 g/mol. The van der Waals surface area contributed by atoms with Gasteiger partial charge in [0.05, 0.1) is 38.4 Å². The number of aromatic nitrogens is 2. The quantitative estimate of drug-likeness (QED) is 0.699. The van der Waals surface area contributed by atoms with Crippen LogP contribution in [0.5, 0.6) is 0 Å². The van der Waals surface area contributed by atoms with E-state index in [0.717, 1.165) is 45.0 Å². The number of rotatable bonds is 8. The van der Waals surface area contributed by atoms with Crippen molar-refractivity contribution in [2.24, 2.45) is 0 Å². The van der Waals surface area contributed by atoms with Crippen LogP contribution in [-0.4, -0.2) is 59.8 Å². The molecule has 1 fully saturated rings. The van der Waals surface area contributed by atoms with Crippen molar-refractivity contribution in [1.82, 2.24) is 14.5 Å². The standard InChI is InChI=1S/C21H27F3N4O2/c1-2-20(29)28(9-8-26-10-12-30-13-11-26)16-19-25-6-7-27(19)15-17-4-3-5-18(14-17)21(22,23)24/h3-7,14H,2,8-13,15-16H2,1H3/p+1. The molecule has 1 aromatic carbocycles. The molecule has 2 heterocycles. The Hall–Kier alpha value is -2.39. The number of halogens is 3. The molecule has 1 saturated heterocycles. The Bertz CT molecular complexity index is 832. The summed E-state index contributed by atoms with van der Waals surface area (Å²) in [5.74, 6) is 0.697. The van der Waals surface area contributed by atoms with E-state index in [9.17, 15) is 18.0 Å². The molecule has 30 heavy (non-hydrogen) atoms. The van der Waals surface area contributed by atoms with Crippen molar-refractivity contribution in [2.45, 2.75) is 32.6 Å². The fourth-order valence-corrected chi connectivity index (χ4v) is 3.57. The number of hydrogen-bond donors (Lipinski definition) is 1. The van der Waals surface area contributed by atoms with Crippen molar-refractivity contribution in [3.05, 3.63) is 53.6 Å². The summed E-state index contributed by atoms with van der Waals surface area (Å²) in [5.41, 5.74) is -0.131. The third kappa shape index (κ3) is 6.06. The second kappa shape index (κ2) is 10.1. The predicted octanol–water partition coefficient (Wildman–Crippen LogP) is 1.60. The van der Waals surface area contributed by atoms with Crippen molar-refractivity contribution in [1.29, 1.82) is 0 Å². The van der Waals surface area contributed by atoms with E-state index in [4.69, 9.17) is 4.74 Å². The average Bonchev–Trinajstić information content (AvgIpc) is 3.17. The molecule has 1 aliphatic rings. The Morgan fingerprint density at radius 2 is 2.07 bits per heavy atom. The zero-order valence-corrected chi connectivity index (χ0v) is 17.1. The summed E-state index contributed by atoms with van der Waals surface area (Å²) in [6, 6.07) is 5.29. The molecule has 1 amide bonds. The second-order valence-corrected chi connectivity index (χ2v) is 7.45. The van der Waals surface area contributed by atoms with Crippen molar-refractivity contribution in [3.8, 4) is 0 Å². The minimum absolute atomic E-state index is 0.0382. The van der Waals surface area contributed by atoms with Crippen LogP contribution in [-0.2, 0) is 28.8 Å². The van der Waals surface area contributed by atoms with Gasteiger partial charge in [-0.05, 0) is 17.7 Å². The maximum atomic E-state index is 13.0. The number of carbonyl (C=O) groups is 1. The highest BCUT2D eigenvalue weighted by molar-refractivity contribution is 5.75. The number of carbonyl (C=O) groups excluding carboxylic acids is 1. The summed E-state index contributed by atoms with van der Waals surface area (Å²) in [4.78, 5) is 20.0. The monoisotopic (exact) mass is 425 g/mol. The van der Waals surface area contributed by atoms with Crippen molar-refractivity contribution < 1.29 is 27.6 Å². The van der Waals surface area contributed by atoms with E-state index in [1.165, 1.54) is 11.0 Å². The summed E-state index contributed by atoms with van der Waals surface area (Å²) in [6.07, 6.45) is -0.630. The van der Waals surface area contributed by atoms with Gasteiger partial charge in [-0.2, -0.15) is 13.2 Å². The Morgan fingerprint density at radius 3 is 2.77 bits per heavy atom. The zero-order chi connectivity index (χ0) is 21.6. The highest BCUT2D eigenvalue weighted by Crippen LogP contribution is 2.29. The lowest BCUT2D eigenvalue weighted by Crippen LogP contribution is -3.14. The predicted molar refractivity (Wildman–Crippen MR) is 105 cm³/mol. The number of nitrogens with one attached hydrogen (secondary N) is 1. The number of benzene rings is 1. The molecule has 6 nitrogen and oxygen atoms in total. The first-order valence-corrected chi connectivity index (χ1v) is 10.2. The summed E-state index contributed by atoms with van der Waals surface area (Å²) >= 11 is 0. The zero-order valence-electron chi connectivity index (χ0n) is 17.1. The lowest BCUT2D eigenvalue weighted by Gasteiger charge is -2.28. The largest absolute Gasteiger partial charge is 0.416 e. The van der Waals surface area contributed by atoms with Gasteiger partial charge in [-0.15, -0.1) is 0 Å². The summed E-state index contributed by atoms with van der Waals surface area (Å²) in [6.45, 7) is 7.20. The minimum atomic E-state index is -4.38. The van der Waals surface area contributed by atoms with E-state index in [2.05, 4.69) is 4.98 Å². The number of hydrogen-bond acceptors (Lipinski definition) is 3. The number of alkyl halides is 3. The molecule has 2 aromatic rings. The molecule has 0 bridgehead atoms. The van der Waals surface area contributed by atoms with E-state index in [1.807, 2.05) is 6.92 Å². The number of quaternary nitrogens is 1. The number of nitrogens with zero attached hydrogens (tertiary/aromatic N) is 3. The van der Waals surface area contributed by atoms with Crippen molar-refractivity contribution >= 4 is 5.91 Å². The second-order valence-electron chi connectivity index (χ2n) is 7.45. The molecule has 9 heteroatoms. The first-order valence-electron chi connectivity index (χ1n) is 10.2. The van der Waals surface area contributed by atoms with Crippen LogP contribution in [0, 0.1) is 0 Å². The van der Waals surface area contributed by atoms with Crippen LogP contribution in [0.1, 0.15) is 30.3 Å². The van der Waals surface area contributed by atoms with Gasteiger partial charge >= 0.3 is 6.18 Å². The summed E-state index contributed by atoms with van der Waals surface area (Å²) in [7, 11) is 0. The fourth-order valence-electron chi connectivity index (χ4n) is 3.57. The van der Waals surface area contributed by atoms with E-state index < -0.39 is 11.7 Å². The van der Waals surface area contributed by atoms with Gasteiger partial charge in [-0.3, -0.25) is 4.79 Å². The molecule has 1 aromatic heterocycles. The van der Waals surface area contributed by atoms with Gasteiger partial charge in [-0.1, -0.05) is 19.1 Å². The van der Waals surface area contributed by atoms with Gasteiger partial charge in [0.15, 0.2) is 0 Å². The number of ether oxygens (including phenoxy) is 1. The number of morpholine rings is 1. The highest BCUT2D eigenvalue weighted by atomic mass is 19.4. The third-order valence-corrected chi connectivity index (χ3v) is 5.33. The molecule has 1 N–H and O–H groups in total. The van der Waals surface area contributed by atoms with Crippen LogP contribution in [0.3, 0.4) is 0 Å². The van der Waals surface area contributed by atoms with Crippen LogP contribution in [0.2, 0.25) is 0 Å². The minimum Gasteiger partial charge on any atom is -0.370 e. The lowest BCUT2D eigenvalue weighted by atomic mass is 10.1. The van der Waals surface area contributed by atoms with Gasteiger partial charge < -0.3 is 19.1 Å². The molecule has 0 spiro atoms. The lowest BCUT2D eigenvalue weighted by molar-refractivity contribution is -0.907. The molecule has 0 atom stereocenters. The topological polar surface area (TPSA) is 51.8 Å². The van der Waals surface area contributed by atoms with Crippen LogP contribution >= 0.6 is 0 Å². The maximum Gasteiger partial charge on any atom is 0.416 e. The van der Waals surface area contributed by atoms with E-state index in [0.29, 0.717) is 30.9 Å². The van der Waals surface area contributed by atoms with Crippen LogP contribution in [0.25, 0.3) is 0 Å². The maximum absolute atomic E-state index is 13.0. The Labute approximate surface area is 174 Å². The summed E-state index contributed by atoms with van der Waals surface area (Å²) in [5, 5.41) is 0.